The van der Waals surface area contributed by atoms with Crippen molar-refractivity contribution in [3.05, 3.63) is 70.2 Å². The summed E-state index contributed by atoms with van der Waals surface area (Å²) in [6, 6.07) is 10.7. The molecule has 2 aliphatic rings. The number of hydrogen-bond acceptors (Lipinski definition) is 6. The molecule has 2 aromatic heterocycles. The lowest BCUT2D eigenvalue weighted by molar-refractivity contribution is 0.189. The van der Waals surface area contributed by atoms with E-state index < -0.39 is 9.84 Å². The standard InChI is InChI=1S/C25H21ClN2O4S/c1-33(29,30)16-6-7-18-17(8-9-27-22(18)13-16)20-12-15(26)10-14-11-23(31-24(14)20)25-19-4-2-3-5-21(19)28-32-25/h6-10,12-13,23H,2-5,11H2,1H3/t23-/m1/s1. The molecule has 0 unspecified atom stereocenters. The number of rotatable bonds is 3. The summed E-state index contributed by atoms with van der Waals surface area (Å²) in [7, 11) is -3.33. The van der Waals surface area contributed by atoms with Gasteiger partial charge in [-0.05, 0) is 61.6 Å². The van der Waals surface area contributed by atoms with E-state index in [4.69, 9.17) is 20.9 Å². The monoisotopic (exact) mass is 480 g/mol. The number of benzene rings is 2. The molecule has 3 heterocycles. The molecule has 8 heteroatoms. The van der Waals surface area contributed by atoms with Crippen molar-refractivity contribution in [3.63, 3.8) is 0 Å². The number of fused-ring (bicyclic) bond motifs is 3. The fourth-order valence-electron chi connectivity index (χ4n) is 4.93. The fourth-order valence-corrected chi connectivity index (χ4v) is 5.81. The summed E-state index contributed by atoms with van der Waals surface area (Å²) in [4.78, 5) is 4.64. The second-order valence-electron chi connectivity index (χ2n) is 8.74. The maximum absolute atomic E-state index is 12.0. The average molecular weight is 481 g/mol. The fraction of sp³-hybridized carbons (Fsp3) is 0.280. The Kier molecular flexibility index (Phi) is 4.74. The Morgan fingerprint density at radius 3 is 2.76 bits per heavy atom. The molecule has 0 saturated heterocycles. The van der Waals surface area contributed by atoms with Gasteiger partial charge in [-0.1, -0.05) is 22.8 Å². The van der Waals surface area contributed by atoms with E-state index >= 15 is 0 Å². The lowest BCUT2D eigenvalue weighted by Crippen LogP contribution is -2.08. The second-order valence-corrected chi connectivity index (χ2v) is 11.2. The SMILES string of the molecule is CS(=O)(=O)c1ccc2c(-c3cc(Cl)cc4c3O[C@@H](c3onc5c3CCCC5)C4)ccnc2c1. The zero-order valence-electron chi connectivity index (χ0n) is 18.0. The Labute approximate surface area is 196 Å². The number of pyridine rings is 1. The van der Waals surface area contributed by atoms with Gasteiger partial charge in [0.15, 0.2) is 21.7 Å². The second kappa shape index (κ2) is 7.57. The quantitative estimate of drug-likeness (QED) is 0.385. The predicted molar refractivity (Wildman–Crippen MR) is 126 cm³/mol. The van der Waals surface area contributed by atoms with Crippen LogP contribution in [0, 0.1) is 0 Å². The van der Waals surface area contributed by atoms with Crippen LogP contribution in [-0.4, -0.2) is 24.8 Å². The highest BCUT2D eigenvalue weighted by molar-refractivity contribution is 7.90. The van der Waals surface area contributed by atoms with E-state index in [1.165, 1.54) is 11.8 Å². The van der Waals surface area contributed by atoms with Crippen molar-refractivity contribution in [2.24, 2.45) is 0 Å². The first-order valence-electron chi connectivity index (χ1n) is 10.9. The number of aromatic nitrogens is 2. The normalized spacial score (nSPS) is 17.6. The summed E-state index contributed by atoms with van der Waals surface area (Å²) in [5, 5.41) is 5.74. The van der Waals surface area contributed by atoms with E-state index in [9.17, 15) is 8.42 Å². The van der Waals surface area contributed by atoms with Crippen LogP contribution in [0.4, 0.5) is 0 Å². The molecule has 0 spiro atoms. The number of ether oxygens (including phenoxy) is 1. The van der Waals surface area contributed by atoms with Crippen molar-refractivity contribution in [3.8, 4) is 16.9 Å². The highest BCUT2D eigenvalue weighted by atomic mass is 35.5. The van der Waals surface area contributed by atoms with E-state index in [2.05, 4.69) is 10.1 Å². The molecule has 0 saturated carbocycles. The molecule has 168 valence electrons. The van der Waals surface area contributed by atoms with Gasteiger partial charge in [0, 0.05) is 46.0 Å². The van der Waals surface area contributed by atoms with Crippen molar-refractivity contribution in [2.75, 3.05) is 6.26 Å². The van der Waals surface area contributed by atoms with Crippen molar-refractivity contribution < 1.29 is 17.7 Å². The minimum absolute atomic E-state index is 0.238. The first-order chi connectivity index (χ1) is 15.9. The van der Waals surface area contributed by atoms with Crippen LogP contribution < -0.4 is 4.74 Å². The molecule has 1 aliphatic carbocycles. The Bertz CT molecular complexity index is 1530. The van der Waals surface area contributed by atoms with Crippen LogP contribution in [0.3, 0.4) is 0 Å². The minimum atomic E-state index is -3.33. The molecule has 4 aromatic rings. The van der Waals surface area contributed by atoms with E-state index in [1.807, 2.05) is 18.2 Å². The molecule has 1 atom stereocenters. The summed E-state index contributed by atoms with van der Waals surface area (Å²) in [6.45, 7) is 0. The molecule has 6 rings (SSSR count). The van der Waals surface area contributed by atoms with Crippen LogP contribution >= 0.6 is 11.6 Å². The Hall–Kier alpha value is -2.90. The van der Waals surface area contributed by atoms with Crippen molar-refractivity contribution in [2.45, 2.75) is 43.1 Å². The Balaban J connectivity index is 1.46. The number of hydrogen-bond donors (Lipinski definition) is 0. The van der Waals surface area contributed by atoms with Crippen LogP contribution in [-0.2, 0) is 29.1 Å². The molecule has 6 nitrogen and oxygen atoms in total. The van der Waals surface area contributed by atoms with Gasteiger partial charge in [-0.15, -0.1) is 0 Å². The molecule has 33 heavy (non-hydrogen) atoms. The van der Waals surface area contributed by atoms with Crippen LogP contribution in [0.5, 0.6) is 5.75 Å². The molecular formula is C25H21ClN2O4S. The van der Waals surface area contributed by atoms with Crippen molar-refractivity contribution >= 4 is 32.3 Å². The highest BCUT2D eigenvalue weighted by Gasteiger charge is 2.34. The van der Waals surface area contributed by atoms with Crippen LogP contribution in [0.25, 0.3) is 22.0 Å². The van der Waals surface area contributed by atoms with E-state index in [0.29, 0.717) is 17.0 Å². The van der Waals surface area contributed by atoms with Gasteiger partial charge in [0.25, 0.3) is 0 Å². The van der Waals surface area contributed by atoms with Gasteiger partial charge in [-0.3, -0.25) is 4.98 Å². The van der Waals surface area contributed by atoms with Gasteiger partial charge in [0.1, 0.15) is 5.75 Å². The molecule has 0 amide bonds. The number of nitrogens with zero attached hydrogens (tertiary/aromatic N) is 2. The zero-order valence-corrected chi connectivity index (χ0v) is 19.5. The average Bonchev–Trinajstić information content (AvgIpc) is 3.41. The van der Waals surface area contributed by atoms with Gasteiger partial charge in [0.2, 0.25) is 0 Å². The Morgan fingerprint density at radius 2 is 1.91 bits per heavy atom. The summed E-state index contributed by atoms with van der Waals surface area (Å²) in [6.07, 6.45) is 7.48. The predicted octanol–water partition coefficient (Wildman–Crippen LogP) is 5.50. The lowest BCUT2D eigenvalue weighted by atomic mass is 9.93. The topological polar surface area (TPSA) is 82.3 Å². The summed E-state index contributed by atoms with van der Waals surface area (Å²) in [5.41, 5.74) is 5.60. The third-order valence-corrected chi connectivity index (χ3v) is 7.84. The van der Waals surface area contributed by atoms with E-state index in [1.54, 1.807) is 24.4 Å². The summed E-state index contributed by atoms with van der Waals surface area (Å²) in [5.74, 6) is 1.59. The van der Waals surface area contributed by atoms with Crippen LogP contribution in [0.2, 0.25) is 5.02 Å². The molecule has 0 radical (unpaired) electrons. The van der Waals surface area contributed by atoms with Crippen molar-refractivity contribution in [1.29, 1.82) is 0 Å². The van der Waals surface area contributed by atoms with Gasteiger partial charge < -0.3 is 9.26 Å². The minimum Gasteiger partial charge on any atom is -0.481 e. The third kappa shape index (κ3) is 3.50. The Morgan fingerprint density at radius 1 is 1.06 bits per heavy atom. The molecule has 0 N–H and O–H groups in total. The lowest BCUT2D eigenvalue weighted by Gasteiger charge is -2.15. The molecule has 1 aliphatic heterocycles. The van der Waals surface area contributed by atoms with Crippen LogP contribution in [0.1, 0.15) is 41.5 Å². The summed E-state index contributed by atoms with van der Waals surface area (Å²) < 4.78 is 36.2. The first kappa shape index (κ1) is 20.7. The molecule has 0 bridgehead atoms. The van der Waals surface area contributed by atoms with Gasteiger partial charge in [-0.2, -0.15) is 0 Å². The van der Waals surface area contributed by atoms with Gasteiger partial charge in [-0.25, -0.2) is 8.42 Å². The zero-order chi connectivity index (χ0) is 22.7. The van der Waals surface area contributed by atoms with E-state index in [0.717, 1.165) is 65.0 Å². The largest absolute Gasteiger partial charge is 0.481 e. The number of sulfone groups is 1. The third-order valence-electron chi connectivity index (χ3n) is 6.51. The first-order valence-corrected chi connectivity index (χ1v) is 13.2. The number of halogens is 1. The maximum atomic E-state index is 12.0. The number of aryl methyl sites for hydroxylation is 1. The maximum Gasteiger partial charge on any atom is 0.181 e. The van der Waals surface area contributed by atoms with Crippen LogP contribution in [0.15, 0.2) is 52.0 Å². The highest BCUT2D eigenvalue weighted by Crippen LogP contribution is 2.47. The molecule has 0 fully saturated rings. The molecule has 2 aromatic carbocycles. The van der Waals surface area contributed by atoms with Gasteiger partial charge in [0.05, 0.1) is 16.1 Å². The smallest absolute Gasteiger partial charge is 0.181 e. The van der Waals surface area contributed by atoms with Crippen molar-refractivity contribution in [1.82, 2.24) is 10.1 Å². The van der Waals surface area contributed by atoms with Gasteiger partial charge >= 0.3 is 0 Å². The summed E-state index contributed by atoms with van der Waals surface area (Å²) >= 11 is 6.52. The molecular weight excluding hydrogens is 460 g/mol. The van der Waals surface area contributed by atoms with E-state index in [-0.39, 0.29) is 11.0 Å².